The van der Waals surface area contributed by atoms with Gasteiger partial charge in [0.05, 0.1) is 12.1 Å². The van der Waals surface area contributed by atoms with Gasteiger partial charge in [0.25, 0.3) is 0 Å². The number of aliphatic hydroxyl groups is 1. The lowest BCUT2D eigenvalue weighted by molar-refractivity contribution is -0.117. The molecule has 0 aliphatic heterocycles. The number of hydrogen-bond donors (Lipinski definition) is 2. The predicted octanol–water partition coefficient (Wildman–Crippen LogP) is 0.947. The van der Waals surface area contributed by atoms with Gasteiger partial charge in [0.15, 0.2) is 0 Å². The van der Waals surface area contributed by atoms with Gasteiger partial charge in [0, 0.05) is 6.42 Å². The van der Waals surface area contributed by atoms with Crippen LogP contribution in [0.5, 0.6) is 0 Å². The summed E-state index contributed by atoms with van der Waals surface area (Å²) in [7, 11) is 0. The summed E-state index contributed by atoms with van der Waals surface area (Å²) in [6.07, 6.45) is 1.28. The van der Waals surface area contributed by atoms with Crippen molar-refractivity contribution in [1.82, 2.24) is 5.32 Å². The molecule has 2 atom stereocenters. The molecule has 0 spiro atoms. The van der Waals surface area contributed by atoms with Crippen molar-refractivity contribution >= 4 is 5.91 Å². The number of carbonyl (C=O) groups excluding carboxylic acids is 1. The van der Waals surface area contributed by atoms with Crippen molar-refractivity contribution in [2.75, 3.05) is 0 Å². The van der Waals surface area contributed by atoms with Crippen molar-refractivity contribution in [3.63, 3.8) is 0 Å². The highest BCUT2D eigenvalue weighted by Crippen LogP contribution is 2.30. The maximum Gasteiger partial charge on any atom is 0.243 e. The lowest BCUT2D eigenvalue weighted by atomic mass is 10.1. The van der Waals surface area contributed by atoms with Crippen LogP contribution < -0.4 is 5.32 Å². The Labute approximate surface area is 88.4 Å². The quantitative estimate of drug-likeness (QED) is 0.703. The lowest BCUT2D eigenvalue weighted by Gasteiger charge is -2.16. The normalized spacial score (nSPS) is 23.3. The highest BCUT2D eigenvalue weighted by atomic mass is 16.3. The molecule has 78 valence electrons. The Balaban J connectivity index is 2.25. The molecule has 15 heavy (non-hydrogen) atoms. The van der Waals surface area contributed by atoms with E-state index >= 15 is 0 Å². The summed E-state index contributed by atoms with van der Waals surface area (Å²) in [4.78, 5) is 11.2. The maximum absolute atomic E-state index is 11.2. The molecule has 3 nitrogen and oxygen atoms in total. The Morgan fingerprint density at radius 1 is 1.53 bits per heavy atom. The molecule has 2 N–H and O–H groups in total. The van der Waals surface area contributed by atoms with Crippen molar-refractivity contribution in [3.8, 4) is 0 Å². The van der Waals surface area contributed by atoms with Crippen LogP contribution in [0.1, 0.15) is 17.2 Å². The minimum Gasteiger partial charge on any atom is -0.390 e. The molecule has 0 heterocycles. The number of fused-ring (bicyclic) bond motifs is 1. The molecule has 0 saturated carbocycles. The second kappa shape index (κ2) is 3.87. The van der Waals surface area contributed by atoms with Gasteiger partial charge in [-0.2, -0.15) is 0 Å². The first-order valence-electron chi connectivity index (χ1n) is 4.91. The van der Waals surface area contributed by atoms with Crippen molar-refractivity contribution in [3.05, 3.63) is 48.0 Å². The minimum atomic E-state index is -0.536. The first-order valence-corrected chi connectivity index (χ1v) is 4.91. The Morgan fingerprint density at radius 2 is 2.27 bits per heavy atom. The first-order chi connectivity index (χ1) is 7.22. The molecule has 1 aliphatic rings. The Hall–Kier alpha value is -1.61. The van der Waals surface area contributed by atoms with Crippen LogP contribution in [0.4, 0.5) is 0 Å². The fourth-order valence-corrected chi connectivity index (χ4v) is 1.96. The van der Waals surface area contributed by atoms with Gasteiger partial charge in [0.2, 0.25) is 5.91 Å². The number of aliphatic hydroxyl groups excluding tert-OH is 1. The minimum absolute atomic E-state index is 0.254. The van der Waals surface area contributed by atoms with Crippen molar-refractivity contribution in [1.29, 1.82) is 0 Å². The van der Waals surface area contributed by atoms with E-state index in [1.807, 2.05) is 24.3 Å². The Morgan fingerprint density at radius 3 is 3.00 bits per heavy atom. The smallest absolute Gasteiger partial charge is 0.243 e. The van der Waals surface area contributed by atoms with Crippen LogP contribution in [0.3, 0.4) is 0 Å². The summed E-state index contributed by atoms with van der Waals surface area (Å²) in [5, 5.41) is 12.5. The largest absolute Gasteiger partial charge is 0.390 e. The van der Waals surface area contributed by atoms with E-state index in [-0.39, 0.29) is 11.9 Å². The van der Waals surface area contributed by atoms with E-state index in [1.54, 1.807) is 0 Å². The topological polar surface area (TPSA) is 49.3 Å². The Bertz CT molecular complexity index is 400. The highest BCUT2D eigenvalue weighted by Gasteiger charge is 2.31. The molecule has 1 aliphatic carbocycles. The van der Waals surface area contributed by atoms with Crippen LogP contribution in [0.25, 0.3) is 0 Å². The van der Waals surface area contributed by atoms with E-state index in [0.29, 0.717) is 6.42 Å². The molecule has 0 saturated heterocycles. The van der Waals surface area contributed by atoms with Gasteiger partial charge in [-0.05, 0) is 17.2 Å². The number of nitrogens with one attached hydrogen (secondary N) is 1. The standard InChI is InChI=1S/C12H13NO2/c1-2-11(15)13-12-9-6-4-3-5-8(9)7-10(12)14/h2-6,10,12,14H,1,7H2,(H,13,15)/t10-,12+/m1/s1. The third-order valence-corrected chi connectivity index (χ3v) is 2.69. The molecule has 1 aromatic rings. The number of amides is 1. The molecule has 0 unspecified atom stereocenters. The number of rotatable bonds is 2. The monoisotopic (exact) mass is 203 g/mol. The molecule has 0 aromatic heterocycles. The molecule has 1 aromatic carbocycles. The van der Waals surface area contributed by atoms with Crippen LogP contribution in [0, 0.1) is 0 Å². The average Bonchev–Trinajstić information content (AvgIpc) is 2.55. The molecule has 3 heteroatoms. The van der Waals surface area contributed by atoms with E-state index in [1.165, 1.54) is 6.08 Å². The van der Waals surface area contributed by atoms with Gasteiger partial charge in [-0.3, -0.25) is 4.79 Å². The van der Waals surface area contributed by atoms with Gasteiger partial charge < -0.3 is 10.4 Å². The number of hydrogen-bond acceptors (Lipinski definition) is 2. The van der Waals surface area contributed by atoms with E-state index < -0.39 is 6.10 Å². The van der Waals surface area contributed by atoms with E-state index in [9.17, 15) is 9.90 Å². The zero-order valence-electron chi connectivity index (χ0n) is 8.31. The first kappa shape index (κ1) is 9.93. The van der Waals surface area contributed by atoms with Crippen LogP contribution in [-0.2, 0) is 11.2 Å². The lowest BCUT2D eigenvalue weighted by Crippen LogP contribution is -2.32. The van der Waals surface area contributed by atoms with Crippen LogP contribution in [-0.4, -0.2) is 17.1 Å². The van der Waals surface area contributed by atoms with E-state index in [4.69, 9.17) is 0 Å². The summed E-state index contributed by atoms with van der Waals surface area (Å²) in [5.74, 6) is -0.254. The summed E-state index contributed by atoms with van der Waals surface area (Å²) in [6.45, 7) is 3.39. The van der Waals surface area contributed by atoms with Gasteiger partial charge in [0.1, 0.15) is 0 Å². The molecule has 2 rings (SSSR count). The Kier molecular flexibility index (Phi) is 2.56. The summed E-state index contributed by atoms with van der Waals surface area (Å²) >= 11 is 0. The SMILES string of the molecule is C=CC(=O)N[C@H]1c2ccccc2C[C@H]1O. The zero-order valence-corrected chi connectivity index (χ0v) is 8.31. The zero-order chi connectivity index (χ0) is 10.8. The fourth-order valence-electron chi connectivity index (χ4n) is 1.96. The van der Waals surface area contributed by atoms with Gasteiger partial charge in [-0.15, -0.1) is 0 Å². The van der Waals surface area contributed by atoms with Gasteiger partial charge in [-0.1, -0.05) is 30.8 Å². The van der Waals surface area contributed by atoms with Crippen LogP contribution in [0.15, 0.2) is 36.9 Å². The van der Waals surface area contributed by atoms with Crippen molar-refractivity contribution in [2.24, 2.45) is 0 Å². The summed E-state index contributed by atoms with van der Waals surface area (Å²) in [6, 6.07) is 7.44. The molecular weight excluding hydrogens is 190 g/mol. The summed E-state index contributed by atoms with van der Waals surface area (Å²) in [5.41, 5.74) is 2.10. The third-order valence-electron chi connectivity index (χ3n) is 2.69. The van der Waals surface area contributed by atoms with Crippen LogP contribution in [0.2, 0.25) is 0 Å². The van der Waals surface area contributed by atoms with Gasteiger partial charge >= 0.3 is 0 Å². The molecule has 0 bridgehead atoms. The van der Waals surface area contributed by atoms with E-state index in [2.05, 4.69) is 11.9 Å². The predicted molar refractivity (Wildman–Crippen MR) is 57.2 cm³/mol. The van der Waals surface area contributed by atoms with Crippen LogP contribution >= 0.6 is 0 Å². The third kappa shape index (κ3) is 1.78. The van der Waals surface area contributed by atoms with Gasteiger partial charge in [-0.25, -0.2) is 0 Å². The average molecular weight is 203 g/mol. The molecule has 1 amide bonds. The molecule has 0 fully saturated rings. The van der Waals surface area contributed by atoms with Crippen molar-refractivity contribution in [2.45, 2.75) is 18.6 Å². The fraction of sp³-hybridized carbons (Fsp3) is 0.250. The molecular formula is C12H13NO2. The second-order valence-electron chi connectivity index (χ2n) is 3.66. The maximum atomic E-state index is 11.2. The second-order valence-corrected chi connectivity index (χ2v) is 3.66. The van der Waals surface area contributed by atoms with E-state index in [0.717, 1.165) is 11.1 Å². The number of carbonyl (C=O) groups is 1. The number of benzene rings is 1. The van der Waals surface area contributed by atoms with Crippen molar-refractivity contribution < 1.29 is 9.90 Å². The highest BCUT2D eigenvalue weighted by molar-refractivity contribution is 5.87. The summed E-state index contributed by atoms with van der Waals surface area (Å²) < 4.78 is 0. The molecule has 0 radical (unpaired) electrons.